The van der Waals surface area contributed by atoms with Gasteiger partial charge in [-0.15, -0.1) is 0 Å². The van der Waals surface area contributed by atoms with Crippen LogP contribution in [0.2, 0.25) is 0 Å². The van der Waals surface area contributed by atoms with Gasteiger partial charge in [0.1, 0.15) is 30.5 Å². The lowest BCUT2D eigenvalue weighted by Gasteiger charge is -2.50. The van der Waals surface area contributed by atoms with Gasteiger partial charge in [-0.25, -0.2) is 4.57 Å². The zero-order chi connectivity index (χ0) is 83.5. The minimum Gasteiger partial charge on any atom is -0.462 e. The molecule has 0 aromatic carbocycles. The third-order valence-electron chi connectivity index (χ3n) is 22.7. The van der Waals surface area contributed by atoms with Gasteiger partial charge in [-0.2, -0.15) is 0 Å². The highest BCUT2D eigenvalue weighted by atomic mass is 31.2. The van der Waals surface area contributed by atoms with E-state index in [1.165, 1.54) is 180 Å². The summed E-state index contributed by atoms with van der Waals surface area (Å²) < 4.78 is 55.1. The molecule has 1 aliphatic heterocycles. The number of phosphoric ester groups is 1. The van der Waals surface area contributed by atoms with Crippen molar-refractivity contribution in [3.05, 3.63) is 0 Å². The number of aliphatic hydroxyl groups is 2. The number of amides is 2. The Bertz CT molecular complexity index is 2310. The number of hydrogen-bond acceptors (Lipinski definition) is 16. The molecule has 672 valence electrons. The second kappa shape index (κ2) is 77.1. The van der Waals surface area contributed by atoms with Gasteiger partial charge in [0.25, 0.3) is 0 Å². The number of unbranched alkanes of at least 4 members (excludes halogenated alkanes) is 54. The van der Waals surface area contributed by atoms with Crippen LogP contribution in [0.5, 0.6) is 0 Å². The average molecular weight is 1640 g/mol. The molecule has 2 amide bonds. The Morgan fingerprint density at radius 1 is 0.368 bits per heavy atom. The lowest BCUT2D eigenvalue weighted by Crippen LogP contribution is -2.75. The summed E-state index contributed by atoms with van der Waals surface area (Å²) in [4.78, 5) is 105. The minimum atomic E-state index is -5.60. The fourth-order valence-corrected chi connectivity index (χ4v) is 16.2. The van der Waals surface area contributed by atoms with E-state index in [1.807, 2.05) is 0 Å². The molecule has 0 saturated carbocycles. The summed E-state index contributed by atoms with van der Waals surface area (Å²) in [5.74, 6) is -3.62. The summed E-state index contributed by atoms with van der Waals surface area (Å²) in [5.41, 5.74) is -3.04. The molecule has 1 saturated heterocycles. The predicted molar refractivity (Wildman–Crippen MR) is 461 cm³/mol. The SMILES string of the molecule is CCCCCCCCCCCCCC(=O)O[C@H](CCCCCCCCCCC)CC(=O)NCCCO[C@@H]1O[C@H](CO)[C@@H](OP(=O)(O)O)[C@H](OC(=O)C[C@@H](CCCCCCCCCCC)OC(=O)CCCCCCCCCCCCC)[C@]1(O)NC(=O)C[C@@H](CCCCCCCCCCC)OC(=O)CCCCCCCCCCCCC. The Labute approximate surface area is 696 Å². The Balaban J connectivity index is 3.70. The molecule has 0 radical (unpaired) electrons. The van der Waals surface area contributed by atoms with Crippen molar-refractivity contribution in [2.45, 2.75) is 540 Å². The van der Waals surface area contributed by atoms with Gasteiger partial charge in [0.05, 0.1) is 32.5 Å². The highest BCUT2D eigenvalue weighted by molar-refractivity contribution is 7.46. The number of esters is 4. The number of ether oxygens (including phenoxy) is 6. The maximum Gasteiger partial charge on any atom is 0.470 e. The van der Waals surface area contributed by atoms with Gasteiger partial charge >= 0.3 is 31.7 Å². The quantitative estimate of drug-likeness (QED) is 0.0108. The molecule has 0 aromatic rings. The van der Waals surface area contributed by atoms with Crippen molar-refractivity contribution in [1.29, 1.82) is 0 Å². The van der Waals surface area contributed by atoms with E-state index < -0.39 is 99.7 Å². The van der Waals surface area contributed by atoms with Gasteiger partial charge in [0.15, 0.2) is 6.10 Å². The highest BCUT2D eigenvalue weighted by Gasteiger charge is 2.61. The second-order valence-corrected chi connectivity index (χ2v) is 35.0. The summed E-state index contributed by atoms with van der Waals surface area (Å²) in [7, 11) is -5.60. The molecule has 6 N–H and O–H groups in total. The van der Waals surface area contributed by atoms with Gasteiger partial charge in [-0.3, -0.25) is 33.3 Å². The summed E-state index contributed by atoms with van der Waals surface area (Å²) >= 11 is 0. The van der Waals surface area contributed by atoms with Crippen LogP contribution >= 0.6 is 7.82 Å². The molecular formula is C93H177N2O18P. The molecule has 0 spiro atoms. The molecular weight excluding hydrogens is 1460 g/mol. The Morgan fingerprint density at radius 2 is 0.640 bits per heavy atom. The monoisotopic (exact) mass is 1640 g/mol. The summed E-state index contributed by atoms with van der Waals surface area (Å²) in [5, 5.41) is 29.8. The maximum absolute atomic E-state index is 14.9. The van der Waals surface area contributed by atoms with Crippen LogP contribution in [0.1, 0.15) is 491 Å². The molecule has 1 fully saturated rings. The van der Waals surface area contributed by atoms with Gasteiger partial charge < -0.3 is 59.1 Å². The minimum absolute atomic E-state index is 0.0307. The van der Waals surface area contributed by atoms with Crippen molar-refractivity contribution >= 4 is 43.5 Å². The zero-order valence-corrected chi connectivity index (χ0v) is 75.0. The van der Waals surface area contributed by atoms with E-state index in [9.17, 15) is 53.3 Å². The summed E-state index contributed by atoms with van der Waals surface area (Å²) in [6, 6.07) is 0. The van der Waals surface area contributed by atoms with Crippen molar-refractivity contribution in [2.75, 3.05) is 19.8 Å². The normalized spacial score (nSPS) is 17.2. The smallest absolute Gasteiger partial charge is 0.462 e. The van der Waals surface area contributed by atoms with Crippen molar-refractivity contribution in [1.82, 2.24) is 10.6 Å². The van der Waals surface area contributed by atoms with E-state index >= 15 is 0 Å². The first-order chi connectivity index (χ1) is 55.4. The Hall–Kier alpha value is -3.23. The molecule has 21 heteroatoms. The Morgan fingerprint density at radius 3 is 0.930 bits per heavy atom. The van der Waals surface area contributed by atoms with E-state index in [0.717, 1.165) is 180 Å². The number of rotatable bonds is 85. The van der Waals surface area contributed by atoms with Crippen LogP contribution in [0.4, 0.5) is 0 Å². The molecule has 0 aromatic heterocycles. The van der Waals surface area contributed by atoms with E-state index in [0.29, 0.717) is 38.5 Å². The second-order valence-electron chi connectivity index (χ2n) is 33.8. The molecule has 1 heterocycles. The lowest BCUT2D eigenvalue weighted by molar-refractivity contribution is -0.346. The van der Waals surface area contributed by atoms with Crippen LogP contribution in [0.25, 0.3) is 0 Å². The summed E-state index contributed by atoms with van der Waals surface area (Å²) in [6.07, 6.45) is 55.3. The molecule has 0 aliphatic carbocycles. The first kappa shape index (κ1) is 109. The van der Waals surface area contributed by atoms with E-state index in [-0.39, 0.29) is 63.6 Å². The average Bonchev–Trinajstić information content (AvgIpc) is 0.750. The van der Waals surface area contributed by atoms with Gasteiger partial charge in [-0.05, 0) is 64.2 Å². The molecule has 0 unspecified atom stereocenters. The van der Waals surface area contributed by atoms with Crippen LogP contribution in [-0.2, 0) is 66.3 Å². The lowest BCUT2D eigenvalue weighted by atomic mass is 9.92. The van der Waals surface area contributed by atoms with Crippen molar-refractivity contribution in [3.8, 4) is 0 Å². The molecule has 20 nitrogen and oxygen atoms in total. The molecule has 8 atom stereocenters. The number of aliphatic hydroxyl groups excluding tert-OH is 1. The van der Waals surface area contributed by atoms with E-state index in [4.69, 9.17) is 32.9 Å². The van der Waals surface area contributed by atoms with Crippen LogP contribution in [0, 0.1) is 0 Å². The predicted octanol–water partition coefficient (Wildman–Crippen LogP) is 24.2. The first-order valence-electron chi connectivity index (χ1n) is 48.1. The van der Waals surface area contributed by atoms with Crippen molar-refractivity contribution in [2.24, 2.45) is 0 Å². The largest absolute Gasteiger partial charge is 0.470 e. The van der Waals surface area contributed by atoms with Crippen molar-refractivity contribution in [3.63, 3.8) is 0 Å². The highest BCUT2D eigenvalue weighted by Crippen LogP contribution is 2.44. The zero-order valence-electron chi connectivity index (χ0n) is 74.1. The third-order valence-corrected chi connectivity index (χ3v) is 23.2. The standard InChI is InChI=1S/C93H177N2O18P/c1-7-13-19-25-31-37-40-46-52-58-64-71-86(99)108-80(68-61-55-49-43-34-28-22-16-10-4)76-84(97)94-74-67-75-107-92-93(103,95-85(98)77-81(69-62-56-50-44-35-29-23-17-11-5)109-87(100)72-65-59-53-47-41-38-32-26-20-14-8-2)91(90(83(79-96)111-92)113-114(104,105)106)112-89(102)78-82(70-63-57-51-45-36-30-24-18-12-6)110-88(101)73-66-60-54-48-42-39-33-27-21-15-9-3/h80-83,90-92,96,103H,7-79H2,1-6H3,(H,94,97)(H,95,98)(H2,104,105,106)/t80-,81-,82-,83-,90-,91+,92-,93-/m1/s1. The summed E-state index contributed by atoms with van der Waals surface area (Å²) in [6.45, 7) is 12.0. The van der Waals surface area contributed by atoms with E-state index in [1.54, 1.807) is 0 Å². The number of phosphoric acid groups is 1. The van der Waals surface area contributed by atoms with Gasteiger partial charge in [0.2, 0.25) is 23.8 Å². The fourth-order valence-electron chi connectivity index (χ4n) is 15.6. The number of carbonyl (C=O) groups excluding carboxylic acids is 6. The van der Waals surface area contributed by atoms with E-state index in [2.05, 4.69) is 52.2 Å². The Kier molecular flexibility index (Phi) is 73.6. The third kappa shape index (κ3) is 63.8. The van der Waals surface area contributed by atoms with Gasteiger partial charge in [0, 0.05) is 25.8 Å². The molecule has 1 aliphatic rings. The topological polar surface area (TPSA) is 289 Å². The fraction of sp³-hybridized carbons (Fsp3) is 0.935. The van der Waals surface area contributed by atoms with Crippen LogP contribution in [0.15, 0.2) is 0 Å². The van der Waals surface area contributed by atoms with Crippen LogP contribution in [0.3, 0.4) is 0 Å². The molecule has 114 heavy (non-hydrogen) atoms. The van der Waals surface area contributed by atoms with Gasteiger partial charge in [-0.1, -0.05) is 388 Å². The molecule has 1 rings (SSSR count). The number of hydrogen-bond donors (Lipinski definition) is 6. The van der Waals surface area contributed by atoms with Crippen LogP contribution < -0.4 is 10.6 Å². The maximum atomic E-state index is 14.9. The first-order valence-corrected chi connectivity index (χ1v) is 49.6. The number of nitrogens with one attached hydrogen (secondary N) is 2. The van der Waals surface area contributed by atoms with Crippen molar-refractivity contribution < 1.29 is 86.3 Å². The molecule has 0 bridgehead atoms. The number of carbonyl (C=O) groups is 6. The van der Waals surface area contributed by atoms with Crippen LogP contribution in [-0.4, -0.2) is 124 Å².